The molecule has 0 aliphatic carbocycles. The van der Waals surface area contributed by atoms with E-state index in [0.717, 1.165) is 11.3 Å². The highest BCUT2D eigenvalue weighted by Crippen LogP contribution is 2.24. The van der Waals surface area contributed by atoms with E-state index in [2.05, 4.69) is 29.1 Å². The third-order valence-corrected chi connectivity index (χ3v) is 4.13. The largest absolute Gasteiger partial charge is 0.461 e. The van der Waals surface area contributed by atoms with Gasteiger partial charge in [-0.2, -0.15) is 0 Å². The van der Waals surface area contributed by atoms with Gasteiger partial charge in [0, 0.05) is 5.69 Å². The number of hydrogen-bond donors (Lipinski definition) is 2. The fourth-order valence-electron chi connectivity index (χ4n) is 2.12. The number of esters is 1. The summed E-state index contributed by atoms with van der Waals surface area (Å²) < 4.78 is 4.88. The first kappa shape index (κ1) is 18.1. The van der Waals surface area contributed by atoms with Crippen LogP contribution < -0.4 is 5.32 Å². The van der Waals surface area contributed by atoms with Gasteiger partial charge in [0.05, 0.1) is 18.6 Å². The van der Waals surface area contributed by atoms with Crippen LogP contribution in [0.15, 0.2) is 35.6 Å². The standard InChI is InChI=1S/C17H21N3O3S/c1-4-23-16(22)14-9-18-17(20-14)24-10-15(21)19-13-8-6-5-7-12(13)11(2)3/h5-9,11H,4,10H2,1-3H3,(H,18,20)(H,19,21). The monoisotopic (exact) mass is 347 g/mol. The summed E-state index contributed by atoms with van der Waals surface area (Å²) in [5.41, 5.74) is 2.20. The number of ether oxygens (including phenoxy) is 1. The van der Waals surface area contributed by atoms with Gasteiger partial charge in [-0.25, -0.2) is 9.78 Å². The summed E-state index contributed by atoms with van der Waals surface area (Å²) >= 11 is 1.23. The fourth-order valence-corrected chi connectivity index (χ4v) is 2.77. The molecule has 128 valence electrons. The molecule has 0 aliphatic heterocycles. The van der Waals surface area contributed by atoms with Crippen molar-refractivity contribution in [3.05, 3.63) is 41.7 Å². The molecule has 1 aromatic heterocycles. The van der Waals surface area contributed by atoms with Gasteiger partial charge < -0.3 is 15.0 Å². The first-order chi connectivity index (χ1) is 11.5. The molecule has 0 atom stereocenters. The summed E-state index contributed by atoms with van der Waals surface area (Å²) in [6.07, 6.45) is 1.41. The first-order valence-corrected chi connectivity index (χ1v) is 8.73. The Morgan fingerprint density at radius 1 is 1.33 bits per heavy atom. The maximum atomic E-state index is 12.1. The molecule has 0 unspecified atom stereocenters. The number of H-pyrrole nitrogens is 1. The van der Waals surface area contributed by atoms with Gasteiger partial charge in [-0.3, -0.25) is 4.79 Å². The van der Waals surface area contributed by atoms with Crippen LogP contribution in [0.25, 0.3) is 0 Å². The Kier molecular flexibility index (Phi) is 6.43. The number of aromatic amines is 1. The quantitative estimate of drug-likeness (QED) is 0.592. The van der Waals surface area contributed by atoms with Crippen LogP contribution in [0, 0.1) is 0 Å². The maximum Gasteiger partial charge on any atom is 0.356 e. The van der Waals surface area contributed by atoms with Crippen LogP contribution in [0.1, 0.15) is 42.7 Å². The second kappa shape index (κ2) is 8.54. The van der Waals surface area contributed by atoms with Crippen molar-refractivity contribution in [3.63, 3.8) is 0 Å². The molecule has 0 saturated heterocycles. The number of imidazole rings is 1. The summed E-state index contributed by atoms with van der Waals surface area (Å²) in [5, 5.41) is 3.42. The summed E-state index contributed by atoms with van der Waals surface area (Å²) in [7, 11) is 0. The lowest BCUT2D eigenvalue weighted by Crippen LogP contribution is -2.15. The van der Waals surface area contributed by atoms with E-state index < -0.39 is 5.97 Å². The smallest absolute Gasteiger partial charge is 0.356 e. The van der Waals surface area contributed by atoms with E-state index in [1.807, 2.05) is 24.3 Å². The molecule has 2 N–H and O–H groups in total. The van der Waals surface area contributed by atoms with Gasteiger partial charge >= 0.3 is 5.97 Å². The number of nitrogens with one attached hydrogen (secondary N) is 2. The van der Waals surface area contributed by atoms with Crippen molar-refractivity contribution in [3.8, 4) is 0 Å². The highest BCUT2D eigenvalue weighted by atomic mass is 32.2. The molecule has 0 saturated carbocycles. The van der Waals surface area contributed by atoms with Crippen molar-refractivity contribution >= 4 is 29.3 Å². The molecule has 0 bridgehead atoms. The lowest BCUT2D eigenvalue weighted by Gasteiger charge is -2.13. The van der Waals surface area contributed by atoms with Crippen LogP contribution in [-0.4, -0.2) is 34.2 Å². The van der Waals surface area contributed by atoms with E-state index in [1.54, 1.807) is 6.92 Å². The van der Waals surface area contributed by atoms with Crippen molar-refractivity contribution in [1.82, 2.24) is 9.97 Å². The summed E-state index contributed by atoms with van der Waals surface area (Å²) in [5.74, 6) is -0.0527. The molecule has 0 aliphatic rings. The lowest BCUT2D eigenvalue weighted by molar-refractivity contribution is -0.113. The predicted octanol–water partition coefficient (Wildman–Crippen LogP) is 3.44. The Hall–Kier alpha value is -2.28. The highest BCUT2D eigenvalue weighted by molar-refractivity contribution is 7.99. The van der Waals surface area contributed by atoms with Gasteiger partial charge in [0.2, 0.25) is 5.91 Å². The number of benzene rings is 1. The van der Waals surface area contributed by atoms with E-state index in [9.17, 15) is 9.59 Å². The third-order valence-electron chi connectivity index (χ3n) is 3.24. The average Bonchev–Trinajstić information content (AvgIpc) is 3.02. The number of para-hydroxylation sites is 1. The molecule has 7 heteroatoms. The predicted molar refractivity (Wildman–Crippen MR) is 94.4 cm³/mol. The Balaban J connectivity index is 1.91. The number of nitrogens with zero attached hydrogens (tertiary/aromatic N) is 1. The van der Waals surface area contributed by atoms with Crippen LogP contribution >= 0.6 is 11.8 Å². The Morgan fingerprint density at radius 2 is 2.08 bits per heavy atom. The second-order valence-corrected chi connectivity index (χ2v) is 6.37. The normalized spacial score (nSPS) is 10.7. The first-order valence-electron chi connectivity index (χ1n) is 7.75. The SMILES string of the molecule is CCOC(=O)c1cnc(SCC(=O)Nc2ccccc2C(C)C)[nH]1. The topological polar surface area (TPSA) is 84.1 Å². The molecule has 2 rings (SSSR count). The molecule has 0 radical (unpaired) electrons. The number of thioether (sulfide) groups is 1. The minimum atomic E-state index is -0.452. The molecule has 1 heterocycles. The van der Waals surface area contributed by atoms with E-state index in [1.165, 1.54) is 18.0 Å². The number of anilines is 1. The van der Waals surface area contributed by atoms with Gasteiger partial charge in [-0.15, -0.1) is 0 Å². The van der Waals surface area contributed by atoms with Gasteiger partial charge in [0.25, 0.3) is 0 Å². The Bertz CT molecular complexity index is 713. The van der Waals surface area contributed by atoms with Crippen molar-refractivity contribution in [2.45, 2.75) is 31.8 Å². The van der Waals surface area contributed by atoms with E-state index in [4.69, 9.17) is 4.74 Å². The fraction of sp³-hybridized carbons (Fsp3) is 0.353. The average molecular weight is 347 g/mol. The zero-order valence-corrected chi connectivity index (χ0v) is 14.8. The van der Waals surface area contributed by atoms with E-state index in [0.29, 0.717) is 17.7 Å². The minimum absolute atomic E-state index is 0.123. The van der Waals surface area contributed by atoms with Crippen LogP contribution in [0.5, 0.6) is 0 Å². The van der Waals surface area contributed by atoms with Crippen molar-refractivity contribution in [1.29, 1.82) is 0 Å². The molecule has 0 spiro atoms. The molecule has 2 aromatic rings. The summed E-state index contributed by atoms with van der Waals surface area (Å²) in [6.45, 7) is 6.21. The molecule has 6 nitrogen and oxygen atoms in total. The highest BCUT2D eigenvalue weighted by Gasteiger charge is 2.13. The number of aromatic nitrogens is 2. The maximum absolute atomic E-state index is 12.1. The van der Waals surface area contributed by atoms with Gasteiger partial charge in [-0.05, 0) is 24.5 Å². The van der Waals surface area contributed by atoms with Gasteiger partial charge in [0.15, 0.2) is 5.16 Å². The van der Waals surface area contributed by atoms with Gasteiger partial charge in [0.1, 0.15) is 5.69 Å². The van der Waals surface area contributed by atoms with Gasteiger partial charge in [-0.1, -0.05) is 43.8 Å². The molecule has 0 fully saturated rings. The number of hydrogen-bond acceptors (Lipinski definition) is 5. The van der Waals surface area contributed by atoms with E-state index >= 15 is 0 Å². The number of carbonyl (C=O) groups excluding carboxylic acids is 2. The number of rotatable bonds is 7. The second-order valence-electron chi connectivity index (χ2n) is 5.40. The Labute approximate surface area is 145 Å². The minimum Gasteiger partial charge on any atom is -0.461 e. The van der Waals surface area contributed by atoms with Crippen LogP contribution in [0.3, 0.4) is 0 Å². The Morgan fingerprint density at radius 3 is 2.79 bits per heavy atom. The summed E-state index contributed by atoms with van der Waals surface area (Å²) in [4.78, 5) is 30.6. The van der Waals surface area contributed by atoms with Crippen molar-refractivity contribution in [2.75, 3.05) is 17.7 Å². The number of carbonyl (C=O) groups is 2. The zero-order valence-electron chi connectivity index (χ0n) is 14.0. The summed E-state index contributed by atoms with van der Waals surface area (Å²) in [6, 6.07) is 7.75. The number of amides is 1. The van der Waals surface area contributed by atoms with E-state index in [-0.39, 0.29) is 17.4 Å². The molecular weight excluding hydrogens is 326 g/mol. The van der Waals surface area contributed by atoms with Crippen LogP contribution in [0.4, 0.5) is 5.69 Å². The molecule has 1 aromatic carbocycles. The molecule has 1 amide bonds. The van der Waals surface area contributed by atoms with Crippen molar-refractivity contribution in [2.24, 2.45) is 0 Å². The van der Waals surface area contributed by atoms with Crippen LogP contribution in [-0.2, 0) is 9.53 Å². The third kappa shape index (κ3) is 4.86. The lowest BCUT2D eigenvalue weighted by atomic mass is 10.0. The molecule has 24 heavy (non-hydrogen) atoms. The zero-order chi connectivity index (χ0) is 17.5. The van der Waals surface area contributed by atoms with Crippen molar-refractivity contribution < 1.29 is 14.3 Å². The molecular formula is C17H21N3O3S. The van der Waals surface area contributed by atoms with Crippen LogP contribution in [0.2, 0.25) is 0 Å².